The fraction of sp³-hybridized carbons (Fsp3) is 0.435. The molecule has 1 fully saturated rings. The number of aryl methyl sites for hydroxylation is 1. The summed E-state index contributed by atoms with van der Waals surface area (Å²) in [7, 11) is 0. The highest BCUT2D eigenvalue weighted by molar-refractivity contribution is 6.30. The standard InChI is InChI=1S/C23H25ClF2N2/c1-14-8-9-16(19(25)10-14)23(13-27)17(12-28-20(23)11-22(2,3)4)15-6-5-7-18(24)21(15)26/h5-10,17,20,28H,11-12H2,1-4H3/t17?,20?,23-/m0/s1. The van der Waals surface area contributed by atoms with Gasteiger partial charge in [-0.25, -0.2) is 8.78 Å². The van der Waals surface area contributed by atoms with Gasteiger partial charge >= 0.3 is 0 Å². The second-order valence-corrected chi connectivity index (χ2v) is 9.29. The maximum Gasteiger partial charge on any atom is 0.145 e. The summed E-state index contributed by atoms with van der Waals surface area (Å²) in [5.41, 5.74) is 0.0968. The minimum atomic E-state index is -1.24. The molecule has 1 saturated heterocycles. The monoisotopic (exact) mass is 402 g/mol. The zero-order valence-electron chi connectivity index (χ0n) is 16.6. The van der Waals surface area contributed by atoms with Crippen LogP contribution in [-0.4, -0.2) is 12.6 Å². The molecule has 0 bridgehead atoms. The number of hydrogen-bond acceptors (Lipinski definition) is 2. The third kappa shape index (κ3) is 3.54. The predicted octanol–water partition coefficient (Wildman–Crippen LogP) is 5.88. The molecule has 0 spiro atoms. The molecule has 2 unspecified atom stereocenters. The number of rotatable bonds is 3. The predicted molar refractivity (Wildman–Crippen MR) is 108 cm³/mol. The van der Waals surface area contributed by atoms with Crippen LogP contribution in [0, 0.1) is 35.3 Å². The molecule has 1 aliphatic rings. The van der Waals surface area contributed by atoms with Crippen molar-refractivity contribution in [2.75, 3.05) is 6.54 Å². The zero-order chi connectivity index (χ0) is 20.7. The number of nitriles is 1. The molecular formula is C23H25ClF2N2. The van der Waals surface area contributed by atoms with Crippen LogP contribution in [0.4, 0.5) is 8.78 Å². The summed E-state index contributed by atoms with van der Waals surface area (Å²) < 4.78 is 30.0. The molecule has 3 atom stereocenters. The van der Waals surface area contributed by atoms with Crippen molar-refractivity contribution in [3.8, 4) is 6.07 Å². The van der Waals surface area contributed by atoms with Gasteiger partial charge in [-0.3, -0.25) is 0 Å². The van der Waals surface area contributed by atoms with Crippen LogP contribution in [0.15, 0.2) is 36.4 Å². The highest BCUT2D eigenvalue weighted by atomic mass is 35.5. The van der Waals surface area contributed by atoms with E-state index in [-0.39, 0.29) is 16.5 Å². The van der Waals surface area contributed by atoms with Gasteiger partial charge in [0, 0.05) is 24.1 Å². The molecule has 5 heteroatoms. The first-order chi connectivity index (χ1) is 13.1. The van der Waals surface area contributed by atoms with E-state index in [0.29, 0.717) is 24.1 Å². The fourth-order valence-electron chi connectivity index (χ4n) is 4.36. The molecule has 0 amide bonds. The fourth-order valence-corrected chi connectivity index (χ4v) is 4.54. The summed E-state index contributed by atoms with van der Waals surface area (Å²) in [6.45, 7) is 8.42. The first-order valence-electron chi connectivity index (χ1n) is 9.45. The summed E-state index contributed by atoms with van der Waals surface area (Å²) in [6, 6.07) is 11.8. The maximum absolute atomic E-state index is 15.1. The Balaban J connectivity index is 2.25. The number of nitrogens with one attached hydrogen (secondary N) is 1. The van der Waals surface area contributed by atoms with E-state index in [9.17, 15) is 9.65 Å². The highest BCUT2D eigenvalue weighted by Gasteiger charge is 2.55. The Labute approximate surface area is 170 Å². The van der Waals surface area contributed by atoms with Crippen LogP contribution in [0.3, 0.4) is 0 Å². The Hall–Kier alpha value is -1.96. The lowest BCUT2D eigenvalue weighted by Crippen LogP contribution is -2.44. The molecule has 0 radical (unpaired) electrons. The molecule has 1 heterocycles. The van der Waals surface area contributed by atoms with Gasteiger partial charge in [0.1, 0.15) is 17.0 Å². The first-order valence-corrected chi connectivity index (χ1v) is 9.83. The van der Waals surface area contributed by atoms with Gasteiger partial charge in [-0.2, -0.15) is 5.26 Å². The van der Waals surface area contributed by atoms with Crippen molar-refractivity contribution in [1.82, 2.24) is 5.32 Å². The first kappa shape index (κ1) is 20.8. The van der Waals surface area contributed by atoms with Gasteiger partial charge in [-0.05, 0) is 42.0 Å². The number of benzene rings is 2. The molecule has 0 saturated carbocycles. The summed E-state index contributed by atoms with van der Waals surface area (Å²) >= 11 is 6.02. The quantitative estimate of drug-likeness (QED) is 0.695. The molecule has 28 heavy (non-hydrogen) atoms. The van der Waals surface area contributed by atoms with E-state index in [2.05, 4.69) is 32.2 Å². The van der Waals surface area contributed by atoms with E-state index in [1.807, 2.05) is 0 Å². The Kier molecular flexibility index (Phi) is 5.53. The van der Waals surface area contributed by atoms with Crippen LogP contribution >= 0.6 is 11.6 Å². The van der Waals surface area contributed by atoms with Gasteiger partial charge in [-0.15, -0.1) is 0 Å². The molecule has 1 aliphatic heterocycles. The van der Waals surface area contributed by atoms with Gasteiger partial charge in [0.15, 0.2) is 0 Å². The van der Waals surface area contributed by atoms with Gasteiger partial charge in [0.25, 0.3) is 0 Å². The van der Waals surface area contributed by atoms with E-state index in [1.54, 1.807) is 31.2 Å². The topological polar surface area (TPSA) is 35.8 Å². The number of halogens is 3. The molecule has 0 aliphatic carbocycles. The van der Waals surface area contributed by atoms with Crippen LogP contribution in [0.5, 0.6) is 0 Å². The van der Waals surface area contributed by atoms with Crippen molar-refractivity contribution in [3.63, 3.8) is 0 Å². The van der Waals surface area contributed by atoms with E-state index in [0.717, 1.165) is 5.56 Å². The third-order valence-corrected chi connectivity index (χ3v) is 5.89. The minimum Gasteiger partial charge on any atom is -0.311 e. The van der Waals surface area contributed by atoms with Crippen LogP contribution in [0.1, 0.15) is 49.8 Å². The maximum atomic E-state index is 15.1. The van der Waals surface area contributed by atoms with Gasteiger partial charge < -0.3 is 5.32 Å². The largest absolute Gasteiger partial charge is 0.311 e. The SMILES string of the molecule is Cc1ccc([C@]2(C#N)C(CC(C)(C)C)NCC2c2cccc(Cl)c2F)c(F)c1. The lowest BCUT2D eigenvalue weighted by molar-refractivity contribution is 0.278. The molecule has 3 rings (SSSR count). The van der Waals surface area contributed by atoms with E-state index < -0.39 is 23.0 Å². The van der Waals surface area contributed by atoms with Crippen molar-refractivity contribution < 1.29 is 8.78 Å². The normalized spacial score (nSPS) is 24.9. The minimum absolute atomic E-state index is 0.00740. The average molecular weight is 403 g/mol. The molecule has 1 N–H and O–H groups in total. The van der Waals surface area contributed by atoms with E-state index in [4.69, 9.17) is 11.6 Å². The van der Waals surface area contributed by atoms with Crippen LogP contribution < -0.4 is 5.32 Å². The molecule has 2 aromatic carbocycles. The lowest BCUT2D eigenvalue weighted by atomic mass is 9.64. The molecular weight excluding hydrogens is 378 g/mol. The van der Waals surface area contributed by atoms with Crippen molar-refractivity contribution >= 4 is 11.6 Å². The number of hydrogen-bond donors (Lipinski definition) is 1. The van der Waals surface area contributed by atoms with Crippen molar-refractivity contribution in [3.05, 3.63) is 69.7 Å². The second-order valence-electron chi connectivity index (χ2n) is 8.89. The van der Waals surface area contributed by atoms with E-state index in [1.165, 1.54) is 12.1 Å². The van der Waals surface area contributed by atoms with Gasteiger partial charge in [0.05, 0.1) is 11.1 Å². The summed E-state index contributed by atoms with van der Waals surface area (Å²) in [6.07, 6.45) is 0.645. The van der Waals surface area contributed by atoms with Crippen molar-refractivity contribution in [1.29, 1.82) is 5.26 Å². The van der Waals surface area contributed by atoms with Crippen LogP contribution in [0.25, 0.3) is 0 Å². The van der Waals surface area contributed by atoms with Crippen molar-refractivity contribution in [2.45, 2.75) is 51.5 Å². The van der Waals surface area contributed by atoms with E-state index >= 15 is 4.39 Å². The Morgan fingerprint density at radius 1 is 1.25 bits per heavy atom. The van der Waals surface area contributed by atoms with Gasteiger partial charge in [0.2, 0.25) is 0 Å². The Morgan fingerprint density at radius 3 is 2.57 bits per heavy atom. The van der Waals surface area contributed by atoms with Crippen LogP contribution in [-0.2, 0) is 5.41 Å². The summed E-state index contributed by atoms with van der Waals surface area (Å²) in [5, 5.41) is 13.8. The average Bonchev–Trinajstić information content (AvgIpc) is 2.94. The third-order valence-electron chi connectivity index (χ3n) is 5.60. The number of nitrogens with zero attached hydrogens (tertiary/aromatic N) is 1. The van der Waals surface area contributed by atoms with Crippen molar-refractivity contribution in [2.24, 2.45) is 5.41 Å². The molecule has 2 aromatic rings. The zero-order valence-corrected chi connectivity index (χ0v) is 17.4. The van der Waals surface area contributed by atoms with Gasteiger partial charge in [-0.1, -0.05) is 56.6 Å². The second kappa shape index (κ2) is 7.46. The summed E-state index contributed by atoms with van der Waals surface area (Å²) in [5.74, 6) is -1.53. The molecule has 148 valence electrons. The van der Waals surface area contributed by atoms with Crippen LogP contribution in [0.2, 0.25) is 5.02 Å². The lowest BCUT2D eigenvalue weighted by Gasteiger charge is -2.37. The Bertz CT molecular complexity index is 929. The molecule has 2 nitrogen and oxygen atoms in total. The highest BCUT2D eigenvalue weighted by Crippen LogP contribution is 2.49. The molecule has 0 aromatic heterocycles. The smallest absolute Gasteiger partial charge is 0.145 e. The summed E-state index contributed by atoms with van der Waals surface area (Å²) in [4.78, 5) is 0. The Morgan fingerprint density at radius 2 is 1.96 bits per heavy atom.